The summed E-state index contributed by atoms with van der Waals surface area (Å²) in [5, 5.41) is 10.8. The molecule has 3 nitrogen and oxygen atoms in total. The maximum absolute atomic E-state index is 13.4. The van der Waals surface area contributed by atoms with E-state index in [0.717, 1.165) is 12.1 Å². The molecule has 2 aromatic carbocycles. The molecule has 0 atom stereocenters. The molecule has 2 aromatic rings. The second-order valence-corrected chi connectivity index (χ2v) is 3.40. The Morgan fingerprint density at radius 3 is 2.41 bits per heavy atom. The molecule has 0 aromatic heterocycles. The van der Waals surface area contributed by atoms with Gasteiger partial charge in [0.05, 0.1) is 10.5 Å². The number of nitro groups is 1. The number of nitrogens with zero attached hydrogens (tertiary/aromatic N) is 1. The van der Waals surface area contributed by atoms with Crippen LogP contribution < -0.4 is 0 Å². The SMILES string of the molecule is O=[N+]([O-])c1c(F)cccc1-c1cccc(F)c1. The molecule has 0 saturated heterocycles. The maximum Gasteiger partial charge on any atom is 0.312 e. The van der Waals surface area contributed by atoms with Crippen molar-refractivity contribution in [1.82, 2.24) is 0 Å². The summed E-state index contributed by atoms with van der Waals surface area (Å²) in [7, 11) is 0. The predicted octanol–water partition coefficient (Wildman–Crippen LogP) is 3.54. The molecule has 5 heteroatoms. The van der Waals surface area contributed by atoms with E-state index in [2.05, 4.69) is 0 Å². The molecule has 0 radical (unpaired) electrons. The van der Waals surface area contributed by atoms with Gasteiger partial charge in [0, 0.05) is 0 Å². The average molecular weight is 235 g/mol. The standard InChI is InChI=1S/C12H7F2NO2/c13-9-4-1-3-8(7-9)10-5-2-6-11(14)12(10)15(16)17/h1-7H. The molecule has 0 bridgehead atoms. The maximum atomic E-state index is 13.4. The van der Waals surface area contributed by atoms with E-state index in [1.54, 1.807) is 0 Å². The highest BCUT2D eigenvalue weighted by molar-refractivity contribution is 5.73. The Hall–Kier alpha value is -2.30. The fourth-order valence-electron chi connectivity index (χ4n) is 1.59. The number of rotatable bonds is 2. The van der Waals surface area contributed by atoms with E-state index in [4.69, 9.17) is 0 Å². The zero-order chi connectivity index (χ0) is 12.4. The van der Waals surface area contributed by atoms with Crippen LogP contribution in [0.4, 0.5) is 14.5 Å². The van der Waals surface area contributed by atoms with Crippen molar-refractivity contribution in [3.05, 3.63) is 64.2 Å². The highest BCUT2D eigenvalue weighted by Crippen LogP contribution is 2.32. The van der Waals surface area contributed by atoms with E-state index in [0.29, 0.717) is 0 Å². The lowest BCUT2D eigenvalue weighted by Crippen LogP contribution is -1.95. The van der Waals surface area contributed by atoms with Crippen LogP contribution in [-0.2, 0) is 0 Å². The Kier molecular flexibility index (Phi) is 2.82. The zero-order valence-corrected chi connectivity index (χ0v) is 8.56. The third-order valence-corrected chi connectivity index (χ3v) is 2.30. The predicted molar refractivity (Wildman–Crippen MR) is 58.4 cm³/mol. The summed E-state index contributed by atoms with van der Waals surface area (Å²) >= 11 is 0. The molecule has 0 saturated carbocycles. The van der Waals surface area contributed by atoms with Crippen molar-refractivity contribution in [3.63, 3.8) is 0 Å². The summed E-state index contributed by atoms with van der Waals surface area (Å²) in [6.07, 6.45) is 0. The highest BCUT2D eigenvalue weighted by atomic mass is 19.1. The normalized spacial score (nSPS) is 10.2. The molecule has 0 aliphatic carbocycles. The molecule has 2 rings (SSSR count). The van der Waals surface area contributed by atoms with Gasteiger partial charge in [-0.2, -0.15) is 4.39 Å². The van der Waals surface area contributed by atoms with Crippen molar-refractivity contribution in [1.29, 1.82) is 0 Å². The van der Waals surface area contributed by atoms with Crippen LogP contribution in [0.3, 0.4) is 0 Å². The van der Waals surface area contributed by atoms with Crippen molar-refractivity contribution in [2.24, 2.45) is 0 Å². The number of halogens is 2. The third-order valence-electron chi connectivity index (χ3n) is 2.30. The molecule has 0 amide bonds. The first-order valence-electron chi connectivity index (χ1n) is 4.78. The summed E-state index contributed by atoms with van der Waals surface area (Å²) in [6.45, 7) is 0. The number of nitro benzene ring substituents is 1. The van der Waals surface area contributed by atoms with Crippen LogP contribution in [0, 0.1) is 21.7 Å². The van der Waals surface area contributed by atoms with Crippen molar-refractivity contribution in [3.8, 4) is 11.1 Å². The van der Waals surface area contributed by atoms with Gasteiger partial charge in [0.1, 0.15) is 5.82 Å². The quantitative estimate of drug-likeness (QED) is 0.590. The minimum atomic E-state index is -0.934. The highest BCUT2D eigenvalue weighted by Gasteiger charge is 2.20. The molecule has 0 aliphatic rings. The molecular weight excluding hydrogens is 228 g/mol. The minimum Gasteiger partial charge on any atom is -0.258 e. The first kappa shape index (κ1) is 11.2. The van der Waals surface area contributed by atoms with Crippen LogP contribution >= 0.6 is 0 Å². The summed E-state index contributed by atoms with van der Waals surface area (Å²) in [5.74, 6) is -1.46. The van der Waals surface area contributed by atoms with Gasteiger partial charge in [0.2, 0.25) is 5.82 Å². The summed E-state index contributed by atoms with van der Waals surface area (Å²) in [4.78, 5) is 9.96. The monoisotopic (exact) mass is 235 g/mol. The first-order valence-corrected chi connectivity index (χ1v) is 4.78. The van der Waals surface area contributed by atoms with Gasteiger partial charge in [-0.15, -0.1) is 0 Å². The lowest BCUT2D eigenvalue weighted by Gasteiger charge is -2.03. The van der Waals surface area contributed by atoms with Gasteiger partial charge in [0.25, 0.3) is 0 Å². The van der Waals surface area contributed by atoms with Gasteiger partial charge in [-0.25, -0.2) is 4.39 Å². The van der Waals surface area contributed by atoms with Gasteiger partial charge in [-0.05, 0) is 29.8 Å². The number of benzene rings is 2. The van der Waals surface area contributed by atoms with E-state index in [9.17, 15) is 18.9 Å². The van der Waals surface area contributed by atoms with Crippen LogP contribution in [-0.4, -0.2) is 4.92 Å². The van der Waals surface area contributed by atoms with Gasteiger partial charge < -0.3 is 0 Å². The van der Waals surface area contributed by atoms with E-state index in [-0.39, 0.29) is 11.1 Å². The topological polar surface area (TPSA) is 43.1 Å². The van der Waals surface area contributed by atoms with Crippen molar-refractivity contribution in [2.45, 2.75) is 0 Å². The molecule has 0 fully saturated rings. The smallest absolute Gasteiger partial charge is 0.258 e. The van der Waals surface area contributed by atoms with Crippen molar-refractivity contribution in [2.75, 3.05) is 0 Å². The first-order chi connectivity index (χ1) is 8.09. The molecular formula is C12H7F2NO2. The summed E-state index contributed by atoms with van der Waals surface area (Å²) in [6, 6.07) is 8.99. The van der Waals surface area contributed by atoms with E-state index in [1.165, 1.54) is 30.3 Å². The molecule has 0 N–H and O–H groups in total. The second-order valence-electron chi connectivity index (χ2n) is 3.40. The number of hydrogen-bond donors (Lipinski definition) is 0. The van der Waals surface area contributed by atoms with E-state index >= 15 is 0 Å². The Morgan fingerprint density at radius 2 is 1.76 bits per heavy atom. The molecule has 17 heavy (non-hydrogen) atoms. The van der Waals surface area contributed by atoms with Gasteiger partial charge in [-0.1, -0.05) is 18.2 Å². The average Bonchev–Trinajstić information content (AvgIpc) is 2.28. The molecule has 0 unspecified atom stereocenters. The van der Waals surface area contributed by atoms with Crippen LogP contribution in [0.15, 0.2) is 42.5 Å². The molecule has 0 heterocycles. The molecule has 86 valence electrons. The van der Waals surface area contributed by atoms with Crippen LogP contribution in [0.25, 0.3) is 11.1 Å². The largest absolute Gasteiger partial charge is 0.312 e. The van der Waals surface area contributed by atoms with Crippen molar-refractivity contribution >= 4 is 5.69 Å². The Balaban J connectivity index is 2.67. The number of para-hydroxylation sites is 1. The van der Waals surface area contributed by atoms with Crippen LogP contribution in [0.5, 0.6) is 0 Å². The van der Waals surface area contributed by atoms with Crippen LogP contribution in [0.2, 0.25) is 0 Å². The minimum absolute atomic E-state index is 0.0644. The number of hydrogen-bond acceptors (Lipinski definition) is 2. The fraction of sp³-hybridized carbons (Fsp3) is 0. The van der Waals surface area contributed by atoms with E-state index in [1.807, 2.05) is 0 Å². The molecule has 0 spiro atoms. The third kappa shape index (κ3) is 2.13. The zero-order valence-electron chi connectivity index (χ0n) is 8.56. The lowest BCUT2D eigenvalue weighted by atomic mass is 10.0. The fourth-order valence-corrected chi connectivity index (χ4v) is 1.59. The molecule has 0 aliphatic heterocycles. The summed E-state index contributed by atoms with van der Waals surface area (Å²) in [5.41, 5.74) is -0.302. The summed E-state index contributed by atoms with van der Waals surface area (Å²) < 4.78 is 26.4. The van der Waals surface area contributed by atoms with Gasteiger partial charge in [0.15, 0.2) is 0 Å². The Bertz CT molecular complexity index is 584. The Labute approximate surface area is 95.5 Å². The van der Waals surface area contributed by atoms with E-state index < -0.39 is 22.2 Å². The Morgan fingerprint density at radius 1 is 1.06 bits per heavy atom. The second kappa shape index (κ2) is 4.29. The van der Waals surface area contributed by atoms with Crippen LogP contribution in [0.1, 0.15) is 0 Å². The lowest BCUT2D eigenvalue weighted by molar-refractivity contribution is -0.386. The van der Waals surface area contributed by atoms with Gasteiger partial charge >= 0.3 is 5.69 Å². The van der Waals surface area contributed by atoms with Crippen molar-refractivity contribution < 1.29 is 13.7 Å². The van der Waals surface area contributed by atoms with Gasteiger partial charge in [-0.3, -0.25) is 10.1 Å².